The maximum Gasteiger partial charge on any atom is 0.416 e. The lowest BCUT2D eigenvalue weighted by Crippen LogP contribution is -2.32. The molecule has 0 aliphatic heterocycles. The highest BCUT2D eigenvalue weighted by Gasteiger charge is 2.37. The fraction of sp³-hybridized carbons (Fsp3) is 0.381. The Balaban J connectivity index is 2.31. The minimum Gasteiger partial charge on any atom is -0.322 e. The topological polar surface area (TPSA) is 66.5 Å². The summed E-state index contributed by atoms with van der Waals surface area (Å²) in [6.07, 6.45) is -8.92. The van der Waals surface area contributed by atoms with Crippen molar-refractivity contribution in [2.24, 2.45) is 0 Å². The number of amides is 1. The third kappa shape index (κ3) is 6.70. The van der Waals surface area contributed by atoms with E-state index in [0.717, 1.165) is 24.3 Å². The lowest BCUT2D eigenvalue weighted by molar-refractivity contribution is -0.143. The second-order valence-electron chi connectivity index (χ2n) is 7.18. The van der Waals surface area contributed by atoms with Crippen molar-refractivity contribution in [3.63, 3.8) is 0 Å². The van der Waals surface area contributed by atoms with E-state index < -0.39 is 45.1 Å². The standard InChI is InChI=1S/C21H22F6N2O3S/c1-3-9-29(10-4-2)33(31,32)18-7-5-14(6-8-18)19(30)28-17-12-15(20(22,23)24)11-16(13-17)21(25,26)27/h5-8,11-13H,3-4,9-10H2,1-2H3,(H,28,30). The SMILES string of the molecule is CCCN(CCC)S(=O)(=O)c1ccc(C(=O)Nc2cc(C(F)(F)F)cc(C(F)(F)F)c2)cc1. The van der Waals surface area contributed by atoms with E-state index in [2.05, 4.69) is 0 Å². The molecule has 2 aromatic carbocycles. The number of alkyl halides is 6. The maximum atomic E-state index is 13.0. The molecule has 33 heavy (non-hydrogen) atoms. The number of carbonyl (C=O) groups is 1. The molecule has 0 unspecified atom stereocenters. The van der Waals surface area contributed by atoms with Gasteiger partial charge in [0.15, 0.2) is 0 Å². The van der Waals surface area contributed by atoms with E-state index in [1.165, 1.54) is 4.31 Å². The maximum absolute atomic E-state index is 13.0. The Bertz CT molecular complexity index is 1040. The van der Waals surface area contributed by atoms with Crippen LogP contribution in [0.1, 0.15) is 48.2 Å². The van der Waals surface area contributed by atoms with Gasteiger partial charge in [-0.1, -0.05) is 13.8 Å². The number of rotatable bonds is 8. The van der Waals surface area contributed by atoms with E-state index in [1.807, 2.05) is 19.2 Å². The molecule has 0 aliphatic rings. The number of hydrogen-bond acceptors (Lipinski definition) is 3. The number of sulfonamides is 1. The molecule has 1 amide bonds. The first-order valence-electron chi connectivity index (χ1n) is 9.91. The first-order chi connectivity index (χ1) is 15.2. The minimum absolute atomic E-state index is 0.0480. The molecule has 0 aromatic heterocycles. The third-order valence-electron chi connectivity index (χ3n) is 4.55. The number of carbonyl (C=O) groups excluding carboxylic acids is 1. The summed E-state index contributed by atoms with van der Waals surface area (Å²) in [4.78, 5) is 12.3. The molecule has 12 heteroatoms. The Morgan fingerprint density at radius 3 is 1.70 bits per heavy atom. The second-order valence-corrected chi connectivity index (χ2v) is 9.12. The van der Waals surface area contributed by atoms with Gasteiger partial charge in [-0.3, -0.25) is 4.79 Å². The van der Waals surface area contributed by atoms with Gasteiger partial charge in [-0.2, -0.15) is 30.6 Å². The van der Waals surface area contributed by atoms with Gasteiger partial charge in [0, 0.05) is 24.3 Å². The fourth-order valence-corrected chi connectivity index (χ4v) is 4.63. The first-order valence-corrected chi connectivity index (χ1v) is 11.3. The molecule has 1 N–H and O–H groups in total. The Morgan fingerprint density at radius 2 is 1.30 bits per heavy atom. The van der Waals surface area contributed by atoms with E-state index in [0.29, 0.717) is 38.1 Å². The highest BCUT2D eigenvalue weighted by Crippen LogP contribution is 2.37. The predicted octanol–water partition coefficient (Wildman–Crippen LogP) is 5.79. The molecule has 0 saturated carbocycles. The van der Waals surface area contributed by atoms with Gasteiger partial charge >= 0.3 is 12.4 Å². The van der Waals surface area contributed by atoms with Crippen LogP contribution >= 0.6 is 0 Å². The molecule has 0 fully saturated rings. The van der Waals surface area contributed by atoms with Crippen molar-refractivity contribution in [2.75, 3.05) is 18.4 Å². The van der Waals surface area contributed by atoms with Gasteiger partial charge in [-0.25, -0.2) is 8.42 Å². The molecule has 0 bridgehead atoms. The quantitative estimate of drug-likeness (QED) is 0.471. The van der Waals surface area contributed by atoms with Gasteiger partial charge in [0.25, 0.3) is 5.91 Å². The summed E-state index contributed by atoms with van der Waals surface area (Å²) in [5.74, 6) is -0.995. The molecule has 5 nitrogen and oxygen atoms in total. The van der Waals surface area contributed by atoms with E-state index in [9.17, 15) is 39.6 Å². The lowest BCUT2D eigenvalue weighted by atomic mass is 10.1. The average Bonchev–Trinajstić information content (AvgIpc) is 2.72. The predicted molar refractivity (Wildman–Crippen MR) is 110 cm³/mol. The zero-order chi connectivity index (χ0) is 25.0. The molecule has 0 aliphatic carbocycles. The van der Waals surface area contributed by atoms with Gasteiger partial charge in [-0.15, -0.1) is 0 Å². The summed E-state index contributed by atoms with van der Waals surface area (Å²) in [5, 5.41) is 2.01. The summed E-state index contributed by atoms with van der Waals surface area (Å²) in [6.45, 7) is 4.25. The van der Waals surface area contributed by atoms with Crippen LogP contribution in [0.15, 0.2) is 47.4 Å². The van der Waals surface area contributed by atoms with E-state index in [4.69, 9.17) is 0 Å². The molecular weight excluding hydrogens is 474 g/mol. The Hall–Kier alpha value is -2.60. The number of anilines is 1. The van der Waals surface area contributed by atoms with Crippen LogP contribution < -0.4 is 5.32 Å². The van der Waals surface area contributed by atoms with Crippen molar-refractivity contribution in [3.8, 4) is 0 Å². The zero-order valence-corrected chi connectivity index (χ0v) is 18.5. The monoisotopic (exact) mass is 496 g/mol. The summed E-state index contributed by atoms with van der Waals surface area (Å²) < 4.78 is 105. The van der Waals surface area contributed by atoms with E-state index in [1.54, 1.807) is 0 Å². The van der Waals surface area contributed by atoms with Crippen LogP contribution in [-0.2, 0) is 22.4 Å². The van der Waals surface area contributed by atoms with Crippen LogP contribution in [0.3, 0.4) is 0 Å². The van der Waals surface area contributed by atoms with Crippen LogP contribution in [0.5, 0.6) is 0 Å². The van der Waals surface area contributed by atoms with Crippen molar-refractivity contribution in [1.29, 1.82) is 0 Å². The highest BCUT2D eigenvalue weighted by molar-refractivity contribution is 7.89. The van der Waals surface area contributed by atoms with Crippen molar-refractivity contribution >= 4 is 21.6 Å². The largest absolute Gasteiger partial charge is 0.416 e. The highest BCUT2D eigenvalue weighted by atomic mass is 32.2. The summed E-state index contributed by atoms with van der Waals surface area (Å²) in [7, 11) is -3.82. The molecule has 0 heterocycles. The molecular formula is C21H22F6N2O3S. The van der Waals surface area contributed by atoms with Gasteiger partial charge < -0.3 is 5.32 Å². The summed E-state index contributed by atoms with van der Waals surface area (Å²) in [6, 6.07) is 5.32. The van der Waals surface area contributed by atoms with Gasteiger partial charge in [-0.05, 0) is 55.3 Å². The Kier molecular flexibility index (Phi) is 8.18. The van der Waals surface area contributed by atoms with Crippen LogP contribution in [0.2, 0.25) is 0 Å². The van der Waals surface area contributed by atoms with E-state index in [-0.39, 0.29) is 16.5 Å². The van der Waals surface area contributed by atoms with Gasteiger partial charge in [0.1, 0.15) is 0 Å². The first kappa shape index (κ1) is 26.7. The average molecular weight is 496 g/mol. The van der Waals surface area contributed by atoms with Gasteiger partial charge in [0.05, 0.1) is 16.0 Å². The second kappa shape index (κ2) is 10.1. The molecule has 0 radical (unpaired) electrons. The number of hydrogen-bond donors (Lipinski definition) is 1. The van der Waals surface area contributed by atoms with Crippen molar-refractivity contribution < 1.29 is 39.6 Å². The Morgan fingerprint density at radius 1 is 0.848 bits per heavy atom. The minimum atomic E-state index is -5.06. The summed E-state index contributed by atoms with van der Waals surface area (Å²) >= 11 is 0. The number of nitrogens with zero attached hydrogens (tertiary/aromatic N) is 1. The normalized spacial score (nSPS) is 12.8. The number of benzene rings is 2. The van der Waals surface area contributed by atoms with Crippen molar-refractivity contribution in [2.45, 2.75) is 43.9 Å². The smallest absolute Gasteiger partial charge is 0.322 e. The zero-order valence-electron chi connectivity index (χ0n) is 17.7. The van der Waals surface area contributed by atoms with Crippen LogP contribution in [0.25, 0.3) is 0 Å². The van der Waals surface area contributed by atoms with Crippen LogP contribution in [0, 0.1) is 0 Å². The lowest BCUT2D eigenvalue weighted by Gasteiger charge is -2.21. The Labute approximate surface area is 187 Å². The molecule has 2 aromatic rings. The number of halogens is 6. The van der Waals surface area contributed by atoms with Gasteiger partial charge in [0.2, 0.25) is 10.0 Å². The third-order valence-corrected chi connectivity index (χ3v) is 6.46. The van der Waals surface area contributed by atoms with Crippen LogP contribution in [0.4, 0.5) is 32.0 Å². The molecule has 182 valence electrons. The van der Waals surface area contributed by atoms with Crippen LogP contribution in [-0.4, -0.2) is 31.7 Å². The fourth-order valence-electron chi connectivity index (χ4n) is 3.01. The van der Waals surface area contributed by atoms with E-state index >= 15 is 0 Å². The number of nitrogens with one attached hydrogen (secondary N) is 1. The summed E-state index contributed by atoms with van der Waals surface area (Å²) in [5.41, 5.74) is -3.98. The molecule has 0 spiro atoms. The van der Waals surface area contributed by atoms with Crippen molar-refractivity contribution in [3.05, 3.63) is 59.2 Å². The molecule has 0 atom stereocenters. The molecule has 0 saturated heterocycles. The molecule has 2 rings (SSSR count). The van der Waals surface area contributed by atoms with Crippen molar-refractivity contribution in [1.82, 2.24) is 4.31 Å².